The first-order valence-corrected chi connectivity index (χ1v) is 7.91. The maximum Gasteiger partial charge on any atom is 0.122 e. The lowest BCUT2D eigenvalue weighted by Crippen LogP contribution is -2.30. The number of thiazole rings is 1. The number of ether oxygens (including phenoxy) is 1. The molecule has 5 nitrogen and oxygen atoms in total. The number of hydrogen-bond acceptors (Lipinski definition) is 5. The molecule has 0 amide bonds. The Hall–Kier alpha value is -1.24. The summed E-state index contributed by atoms with van der Waals surface area (Å²) >= 11 is 1.71. The van der Waals surface area contributed by atoms with Crippen molar-refractivity contribution in [1.82, 2.24) is 19.4 Å². The van der Waals surface area contributed by atoms with Crippen LogP contribution < -0.4 is 0 Å². The number of aromatic nitrogens is 3. The van der Waals surface area contributed by atoms with Crippen molar-refractivity contribution in [2.45, 2.75) is 26.6 Å². The molecule has 108 valence electrons. The van der Waals surface area contributed by atoms with Crippen LogP contribution in [0, 0.1) is 5.92 Å². The second kappa shape index (κ2) is 6.47. The quantitative estimate of drug-likeness (QED) is 0.845. The highest BCUT2D eigenvalue weighted by Gasteiger charge is 2.22. The highest BCUT2D eigenvalue weighted by Crippen LogP contribution is 2.18. The minimum Gasteiger partial charge on any atom is -0.381 e. The van der Waals surface area contributed by atoms with E-state index in [2.05, 4.69) is 25.6 Å². The van der Waals surface area contributed by atoms with Crippen molar-refractivity contribution in [3.8, 4) is 0 Å². The molecular weight excluding hydrogens is 272 g/mol. The molecule has 3 heterocycles. The van der Waals surface area contributed by atoms with Gasteiger partial charge in [-0.15, -0.1) is 11.3 Å². The van der Waals surface area contributed by atoms with Crippen LogP contribution in [-0.4, -0.2) is 39.2 Å². The molecule has 0 saturated carbocycles. The Balaban J connectivity index is 1.73. The smallest absolute Gasteiger partial charge is 0.122 e. The van der Waals surface area contributed by atoms with Crippen molar-refractivity contribution in [3.63, 3.8) is 0 Å². The van der Waals surface area contributed by atoms with Crippen molar-refractivity contribution in [1.29, 1.82) is 0 Å². The van der Waals surface area contributed by atoms with Gasteiger partial charge >= 0.3 is 0 Å². The second-order valence-electron chi connectivity index (χ2n) is 5.12. The average Bonchev–Trinajstić information content (AvgIpc) is 3.06. The Kier molecular flexibility index (Phi) is 4.44. The van der Waals surface area contributed by atoms with E-state index in [1.807, 2.05) is 24.7 Å². The van der Waals surface area contributed by atoms with Gasteiger partial charge in [-0.25, -0.2) is 9.97 Å². The maximum absolute atomic E-state index is 5.63. The molecule has 2 aromatic heterocycles. The van der Waals surface area contributed by atoms with Crippen molar-refractivity contribution >= 4 is 11.3 Å². The maximum atomic E-state index is 5.63. The molecule has 0 radical (unpaired) electrons. The van der Waals surface area contributed by atoms with Crippen molar-refractivity contribution < 1.29 is 4.74 Å². The van der Waals surface area contributed by atoms with Gasteiger partial charge in [-0.1, -0.05) is 0 Å². The van der Waals surface area contributed by atoms with Crippen LogP contribution in [0.2, 0.25) is 0 Å². The number of fused-ring (bicyclic) bond motifs is 1. The Morgan fingerprint density at radius 1 is 1.35 bits per heavy atom. The van der Waals surface area contributed by atoms with Crippen LogP contribution in [-0.2, 0) is 24.4 Å². The topological polar surface area (TPSA) is 43.2 Å². The van der Waals surface area contributed by atoms with Gasteiger partial charge in [-0.05, 0) is 6.92 Å². The third-order valence-corrected chi connectivity index (χ3v) is 4.30. The van der Waals surface area contributed by atoms with E-state index in [4.69, 9.17) is 4.74 Å². The molecule has 2 aromatic rings. The van der Waals surface area contributed by atoms with Gasteiger partial charge in [0, 0.05) is 49.6 Å². The third kappa shape index (κ3) is 3.26. The lowest BCUT2D eigenvalue weighted by molar-refractivity contribution is 0.0851. The fraction of sp³-hybridized carbons (Fsp3) is 0.571. The lowest BCUT2D eigenvalue weighted by Gasteiger charge is -2.22. The van der Waals surface area contributed by atoms with Crippen LogP contribution in [0.25, 0.3) is 0 Å². The molecule has 0 aromatic carbocycles. The zero-order valence-corrected chi connectivity index (χ0v) is 12.6. The minimum atomic E-state index is 0.505. The standard InChI is InChI=1S/C14H20N4OS/c1-2-19-11-12-7-17(10-14-16-4-6-20-14)9-13-15-3-5-18(13)8-12/h3-6,12H,2,7-11H2,1H3/t12-/m1/s1. The van der Waals surface area contributed by atoms with Crippen LogP contribution >= 0.6 is 11.3 Å². The van der Waals surface area contributed by atoms with Crippen molar-refractivity contribution in [2.24, 2.45) is 5.92 Å². The van der Waals surface area contributed by atoms with Gasteiger partial charge in [0.25, 0.3) is 0 Å². The van der Waals surface area contributed by atoms with Gasteiger partial charge in [-0.3, -0.25) is 4.90 Å². The predicted molar refractivity (Wildman–Crippen MR) is 78.4 cm³/mol. The monoisotopic (exact) mass is 292 g/mol. The van der Waals surface area contributed by atoms with Crippen LogP contribution in [0.15, 0.2) is 24.0 Å². The number of hydrogen-bond donors (Lipinski definition) is 0. The average molecular weight is 292 g/mol. The summed E-state index contributed by atoms with van der Waals surface area (Å²) in [6.45, 7) is 7.43. The Bertz CT molecular complexity index is 525. The highest BCUT2D eigenvalue weighted by atomic mass is 32.1. The van der Waals surface area contributed by atoms with Crippen molar-refractivity contribution in [2.75, 3.05) is 19.8 Å². The van der Waals surface area contributed by atoms with E-state index < -0.39 is 0 Å². The van der Waals surface area contributed by atoms with Gasteiger partial charge in [-0.2, -0.15) is 0 Å². The molecule has 0 bridgehead atoms. The van der Waals surface area contributed by atoms with E-state index >= 15 is 0 Å². The Morgan fingerprint density at radius 2 is 2.30 bits per heavy atom. The summed E-state index contributed by atoms with van der Waals surface area (Å²) in [4.78, 5) is 11.3. The molecular formula is C14H20N4OS. The van der Waals surface area contributed by atoms with Gasteiger partial charge in [0.2, 0.25) is 0 Å². The molecule has 3 rings (SSSR count). The van der Waals surface area contributed by atoms with Crippen LogP contribution in [0.4, 0.5) is 0 Å². The summed E-state index contributed by atoms with van der Waals surface area (Å²) in [6, 6.07) is 0. The van der Waals surface area contributed by atoms with Crippen molar-refractivity contribution in [3.05, 3.63) is 34.8 Å². The third-order valence-electron chi connectivity index (χ3n) is 3.54. The zero-order valence-electron chi connectivity index (χ0n) is 11.7. The van der Waals surface area contributed by atoms with E-state index in [0.29, 0.717) is 5.92 Å². The first-order chi connectivity index (χ1) is 9.85. The zero-order chi connectivity index (χ0) is 13.8. The predicted octanol–water partition coefficient (Wildman–Crippen LogP) is 2.01. The molecule has 0 N–H and O–H groups in total. The van der Waals surface area contributed by atoms with Crippen LogP contribution in [0.3, 0.4) is 0 Å². The normalized spacial score (nSPS) is 19.8. The van der Waals surface area contributed by atoms with Crippen LogP contribution in [0.1, 0.15) is 17.8 Å². The van der Waals surface area contributed by atoms with E-state index in [9.17, 15) is 0 Å². The molecule has 0 saturated heterocycles. The summed E-state index contributed by atoms with van der Waals surface area (Å²) in [5.74, 6) is 1.64. The fourth-order valence-corrected chi connectivity index (χ4v) is 3.31. The molecule has 0 unspecified atom stereocenters. The fourth-order valence-electron chi connectivity index (χ4n) is 2.66. The van der Waals surface area contributed by atoms with E-state index in [1.165, 1.54) is 5.01 Å². The SMILES string of the molecule is CCOC[C@@H]1CN(Cc2nccs2)Cc2nccn2C1. The summed E-state index contributed by atoms with van der Waals surface area (Å²) in [7, 11) is 0. The summed E-state index contributed by atoms with van der Waals surface area (Å²) in [6.07, 6.45) is 5.83. The van der Waals surface area contributed by atoms with Gasteiger partial charge < -0.3 is 9.30 Å². The molecule has 20 heavy (non-hydrogen) atoms. The van der Waals surface area contributed by atoms with E-state index in [1.54, 1.807) is 11.3 Å². The lowest BCUT2D eigenvalue weighted by atomic mass is 10.1. The second-order valence-corrected chi connectivity index (χ2v) is 6.10. The molecule has 1 aliphatic heterocycles. The molecule has 1 aliphatic rings. The Morgan fingerprint density at radius 3 is 3.10 bits per heavy atom. The summed E-state index contributed by atoms with van der Waals surface area (Å²) in [5, 5.41) is 3.20. The summed E-state index contributed by atoms with van der Waals surface area (Å²) < 4.78 is 7.89. The largest absolute Gasteiger partial charge is 0.381 e. The molecule has 1 atom stereocenters. The van der Waals surface area contributed by atoms with E-state index in [-0.39, 0.29) is 0 Å². The first-order valence-electron chi connectivity index (χ1n) is 7.03. The number of imidazole rings is 1. The van der Waals surface area contributed by atoms with Gasteiger partial charge in [0.1, 0.15) is 10.8 Å². The Labute approximate surface area is 123 Å². The van der Waals surface area contributed by atoms with Gasteiger partial charge in [0.05, 0.1) is 19.7 Å². The first kappa shape index (κ1) is 13.7. The highest BCUT2D eigenvalue weighted by molar-refractivity contribution is 7.09. The summed E-state index contributed by atoms with van der Waals surface area (Å²) in [5.41, 5.74) is 0. The molecule has 6 heteroatoms. The molecule has 0 spiro atoms. The molecule has 0 aliphatic carbocycles. The van der Waals surface area contributed by atoms with Gasteiger partial charge in [0.15, 0.2) is 0 Å². The number of nitrogens with zero attached hydrogens (tertiary/aromatic N) is 4. The number of rotatable bonds is 5. The van der Waals surface area contributed by atoms with Crippen LogP contribution in [0.5, 0.6) is 0 Å². The molecule has 0 fully saturated rings. The minimum absolute atomic E-state index is 0.505. The van der Waals surface area contributed by atoms with E-state index in [0.717, 1.165) is 45.2 Å².